The van der Waals surface area contributed by atoms with E-state index >= 15 is 0 Å². The number of aryl methyl sites for hydroxylation is 1. The molecule has 0 fully saturated rings. The highest BCUT2D eigenvalue weighted by Gasteiger charge is 2.17. The molecule has 0 saturated heterocycles. The summed E-state index contributed by atoms with van der Waals surface area (Å²) in [5.41, 5.74) is -0.0219. The van der Waals surface area contributed by atoms with Crippen molar-refractivity contribution in [2.24, 2.45) is 7.05 Å². The molecular formula is C11H9F2N3O. The molecule has 17 heavy (non-hydrogen) atoms. The first-order valence-electron chi connectivity index (χ1n) is 4.90. The molecule has 0 aliphatic heterocycles. The minimum absolute atomic E-state index is 0.215. The summed E-state index contributed by atoms with van der Waals surface area (Å²) < 4.78 is 27.9. The number of nitrogens with zero attached hydrogens (tertiary/aromatic N) is 3. The molecule has 0 radical (unpaired) electrons. The fraction of sp³-hybridized carbons (Fsp3) is 0.182. The quantitative estimate of drug-likeness (QED) is 0.760. The van der Waals surface area contributed by atoms with Crippen molar-refractivity contribution in [3.05, 3.63) is 47.3 Å². The average Bonchev–Trinajstić information content (AvgIpc) is 2.70. The minimum atomic E-state index is -0.728. The van der Waals surface area contributed by atoms with Gasteiger partial charge < -0.3 is 0 Å². The SMILES string of the molecule is Cn1nncc1C(=O)Cc1c(F)cccc1F. The van der Waals surface area contributed by atoms with Gasteiger partial charge in [0.25, 0.3) is 0 Å². The third-order valence-corrected chi connectivity index (χ3v) is 2.40. The van der Waals surface area contributed by atoms with Gasteiger partial charge in [0.2, 0.25) is 0 Å². The number of rotatable bonds is 3. The molecule has 2 aromatic rings. The van der Waals surface area contributed by atoms with Crippen molar-refractivity contribution in [3.63, 3.8) is 0 Å². The summed E-state index contributed by atoms with van der Waals surface area (Å²) in [7, 11) is 1.54. The summed E-state index contributed by atoms with van der Waals surface area (Å²) in [6.07, 6.45) is 0.917. The fourth-order valence-electron chi connectivity index (χ4n) is 1.49. The van der Waals surface area contributed by atoms with Crippen molar-refractivity contribution in [2.45, 2.75) is 6.42 Å². The molecule has 0 bridgehead atoms. The Hall–Kier alpha value is -2.11. The lowest BCUT2D eigenvalue weighted by Crippen LogP contribution is -2.11. The van der Waals surface area contributed by atoms with Gasteiger partial charge in [-0.15, -0.1) is 5.10 Å². The highest BCUT2D eigenvalue weighted by molar-refractivity contribution is 5.95. The van der Waals surface area contributed by atoms with Gasteiger partial charge in [0, 0.05) is 19.0 Å². The van der Waals surface area contributed by atoms with Crippen LogP contribution in [0.1, 0.15) is 16.1 Å². The van der Waals surface area contributed by atoms with E-state index in [2.05, 4.69) is 10.3 Å². The Balaban J connectivity index is 2.28. The Morgan fingerprint density at radius 3 is 2.53 bits per heavy atom. The maximum atomic E-state index is 13.3. The zero-order valence-corrected chi connectivity index (χ0v) is 9.02. The van der Waals surface area contributed by atoms with Crippen LogP contribution in [0.25, 0.3) is 0 Å². The van der Waals surface area contributed by atoms with E-state index in [1.165, 1.54) is 24.0 Å². The Morgan fingerprint density at radius 2 is 2.00 bits per heavy atom. The van der Waals surface area contributed by atoms with Crippen molar-refractivity contribution >= 4 is 5.78 Å². The molecule has 0 unspecified atom stereocenters. The normalized spacial score (nSPS) is 10.5. The van der Waals surface area contributed by atoms with Crippen LogP contribution in [0.15, 0.2) is 24.4 Å². The zero-order valence-electron chi connectivity index (χ0n) is 9.02. The molecule has 0 aliphatic carbocycles. The van der Waals surface area contributed by atoms with Gasteiger partial charge >= 0.3 is 0 Å². The number of benzene rings is 1. The third-order valence-electron chi connectivity index (χ3n) is 2.40. The van der Waals surface area contributed by atoms with Gasteiger partial charge in [-0.05, 0) is 12.1 Å². The van der Waals surface area contributed by atoms with Crippen LogP contribution in [0, 0.1) is 11.6 Å². The minimum Gasteiger partial charge on any atom is -0.292 e. The first kappa shape index (κ1) is 11.4. The predicted octanol–water partition coefficient (Wildman–Crippen LogP) is 1.52. The molecule has 0 aliphatic rings. The number of hydrogen-bond acceptors (Lipinski definition) is 3. The average molecular weight is 237 g/mol. The van der Waals surface area contributed by atoms with Gasteiger partial charge in [-0.2, -0.15) is 0 Å². The van der Waals surface area contributed by atoms with E-state index in [9.17, 15) is 13.6 Å². The molecular weight excluding hydrogens is 228 g/mol. The van der Waals surface area contributed by atoms with E-state index in [-0.39, 0.29) is 17.7 Å². The van der Waals surface area contributed by atoms with Crippen LogP contribution in [0.5, 0.6) is 0 Å². The topological polar surface area (TPSA) is 47.8 Å². The second kappa shape index (κ2) is 4.40. The highest BCUT2D eigenvalue weighted by Crippen LogP contribution is 2.14. The maximum Gasteiger partial charge on any atom is 0.187 e. The summed E-state index contributed by atoms with van der Waals surface area (Å²) >= 11 is 0. The lowest BCUT2D eigenvalue weighted by Gasteiger charge is -2.03. The van der Waals surface area contributed by atoms with Gasteiger partial charge in [-0.25, -0.2) is 13.5 Å². The van der Waals surface area contributed by atoms with E-state index in [0.717, 1.165) is 12.1 Å². The summed E-state index contributed by atoms with van der Waals surface area (Å²) in [4.78, 5) is 11.8. The molecule has 0 atom stereocenters. The van der Waals surface area contributed by atoms with Gasteiger partial charge in [0.15, 0.2) is 5.78 Å². The standard InChI is InChI=1S/C11H9F2N3O/c1-16-10(6-14-15-16)11(17)5-7-8(12)3-2-4-9(7)13/h2-4,6H,5H2,1H3. The summed E-state index contributed by atoms with van der Waals surface area (Å²) in [5, 5.41) is 7.12. The molecule has 2 rings (SSSR count). The monoisotopic (exact) mass is 237 g/mol. The number of Topliss-reactive ketones (excluding diaryl/α,β-unsaturated/α-hetero) is 1. The summed E-state index contributed by atoms with van der Waals surface area (Å²) in [6.45, 7) is 0. The van der Waals surface area contributed by atoms with Crippen molar-refractivity contribution in [3.8, 4) is 0 Å². The first-order chi connectivity index (χ1) is 8.09. The van der Waals surface area contributed by atoms with Crippen LogP contribution in [0.2, 0.25) is 0 Å². The molecule has 6 heteroatoms. The van der Waals surface area contributed by atoms with Crippen LogP contribution >= 0.6 is 0 Å². The Kier molecular flexibility index (Phi) is 2.95. The fourth-order valence-corrected chi connectivity index (χ4v) is 1.49. The highest BCUT2D eigenvalue weighted by atomic mass is 19.1. The van der Waals surface area contributed by atoms with Crippen LogP contribution in [-0.4, -0.2) is 20.8 Å². The molecule has 88 valence electrons. The zero-order chi connectivity index (χ0) is 12.4. The first-order valence-corrected chi connectivity index (χ1v) is 4.90. The second-order valence-electron chi connectivity index (χ2n) is 3.54. The Bertz CT molecular complexity index is 545. The number of aromatic nitrogens is 3. The predicted molar refractivity (Wildman–Crippen MR) is 55.4 cm³/mol. The van der Waals surface area contributed by atoms with Gasteiger partial charge in [-0.3, -0.25) is 4.79 Å². The van der Waals surface area contributed by atoms with E-state index < -0.39 is 17.4 Å². The number of ketones is 1. The van der Waals surface area contributed by atoms with Gasteiger partial charge in [-0.1, -0.05) is 11.3 Å². The molecule has 0 saturated carbocycles. The molecule has 0 spiro atoms. The van der Waals surface area contributed by atoms with Crippen LogP contribution in [-0.2, 0) is 13.5 Å². The van der Waals surface area contributed by atoms with E-state index in [4.69, 9.17) is 0 Å². The lowest BCUT2D eigenvalue weighted by molar-refractivity contribution is 0.0981. The second-order valence-corrected chi connectivity index (χ2v) is 3.54. The van der Waals surface area contributed by atoms with E-state index in [0.29, 0.717) is 0 Å². The Morgan fingerprint density at radius 1 is 1.35 bits per heavy atom. The summed E-state index contributed by atoms with van der Waals surface area (Å²) in [5.74, 6) is -1.89. The largest absolute Gasteiger partial charge is 0.292 e. The Labute approximate surface area is 95.9 Å². The smallest absolute Gasteiger partial charge is 0.187 e. The van der Waals surface area contributed by atoms with Crippen LogP contribution in [0.4, 0.5) is 8.78 Å². The lowest BCUT2D eigenvalue weighted by atomic mass is 10.1. The van der Waals surface area contributed by atoms with E-state index in [1.807, 2.05) is 0 Å². The molecule has 0 N–H and O–H groups in total. The molecule has 1 heterocycles. The van der Waals surface area contributed by atoms with Gasteiger partial charge in [0.05, 0.1) is 6.20 Å². The molecule has 1 aromatic carbocycles. The third kappa shape index (κ3) is 2.20. The molecule has 0 amide bonds. The molecule has 4 nitrogen and oxygen atoms in total. The number of halogens is 2. The maximum absolute atomic E-state index is 13.3. The number of carbonyl (C=O) groups is 1. The van der Waals surface area contributed by atoms with Crippen molar-refractivity contribution < 1.29 is 13.6 Å². The van der Waals surface area contributed by atoms with E-state index in [1.54, 1.807) is 0 Å². The van der Waals surface area contributed by atoms with Gasteiger partial charge in [0.1, 0.15) is 17.3 Å². The molecule has 1 aromatic heterocycles. The van der Waals surface area contributed by atoms with Crippen molar-refractivity contribution in [1.82, 2.24) is 15.0 Å². The summed E-state index contributed by atoms with van der Waals surface area (Å²) in [6, 6.07) is 3.49. The number of carbonyl (C=O) groups excluding carboxylic acids is 1. The van der Waals surface area contributed by atoms with Crippen molar-refractivity contribution in [2.75, 3.05) is 0 Å². The van der Waals surface area contributed by atoms with Crippen LogP contribution < -0.4 is 0 Å². The number of hydrogen-bond donors (Lipinski definition) is 0. The van der Waals surface area contributed by atoms with Crippen LogP contribution in [0.3, 0.4) is 0 Å². The van der Waals surface area contributed by atoms with Crippen molar-refractivity contribution in [1.29, 1.82) is 0 Å².